The lowest BCUT2D eigenvalue weighted by molar-refractivity contribution is -0.117. The van der Waals surface area contributed by atoms with Gasteiger partial charge in [-0.3, -0.25) is 4.79 Å². The first-order chi connectivity index (χ1) is 14.5. The van der Waals surface area contributed by atoms with Crippen molar-refractivity contribution in [2.75, 3.05) is 5.32 Å². The smallest absolute Gasteiger partial charge is 0.324 e. The SMILES string of the molecule is Cc1ccc(NC(=O)Cn2nc3c(SCc4ccc(Cl)cc4)nccn3c2=O)cc1. The van der Waals surface area contributed by atoms with Crippen molar-refractivity contribution in [1.82, 2.24) is 19.2 Å². The summed E-state index contributed by atoms with van der Waals surface area (Å²) in [5, 5.41) is 8.40. The minimum atomic E-state index is -0.389. The minimum Gasteiger partial charge on any atom is -0.324 e. The number of rotatable bonds is 6. The fraction of sp³-hybridized carbons (Fsp3) is 0.143. The van der Waals surface area contributed by atoms with Crippen LogP contribution in [0.4, 0.5) is 5.69 Å². The van der Waals surface area contributed by atoms with Crippen molar-refractivity contribution in [2.45, 2.75) is 24.2 Å². The van der Waals surface area contributed by atoms with E-state index < -0.39 is 0 Å². The van der Waals surface area contributed by atoms with Crippen molar-refractivity contribution in [3.63, 3.8) is 0 Å². The van der Waals surface area contributed by atoms with E-state index >= 15 is 0 Å². The highest BCUT2D eigenvalue weighted by Crippen LogP contribution is 2.24. The summed E-state index contributed by atoms with van der Waals surface area (Å²) in [5.41, 5.74) is 2.88. The van der Waals surface area contributed by atoms with E-state index in [1.54, 1.807) is 12.4 Å². The number of hydrogen-bond acceptors (Lipinski definition) is 5. The van der Waals surface area contributed by atoms with Crippen molar-refractivity contribution in [3.8, 4) is 0 Å². The number of fused-ring (bicyclic) bond motifs is 1. The Morgan fingerprint density at radius 3 is 2.60 bits per heavy atom. The van der Waals surface area contributed by atoms with Crippen LogP contribution in [0.5, 0.6) is 0 Å². The van der Waals surface area contributed by atoms with Crippen LogP contribution < -0.4 is 11.0 Å². The van der Waals surface area contributed by atoms with E-state index in [9.17, 15) is 9.59 Å². The first kappa shape index (κ1) is 20.2. The highest BCUT2D eigenvalue weighted by molar-refractivity contribution is 7.98. The van der Waals surface area contributed by atoms with E-state index in [1.807, 2.05) is 55.5 Å². The summed E-state index contributed by atoms with van der Waals surface area (Å²) >= 11 is 7.39. The molecule has 0 unspecified atom stereocenters. The second kappa shape index (κ2) is 8.73. The molecule has 9 heteroatoms. The fourth-order valence-corrected chi connectivity index (χ4v) is 3.86. The van der Waals surface area contributed by atoms with Crippen LogP contribution in [0.3, 0.4) is 0 Å². The molecule has 0 fully saturated rings. The summed E-state index contributed by atoms with van der Waals surface area (Å²) < 4.78 is 2.54. The maximum absolute atomic E-state index is 12.7. The van der Waals surface area contributed by atoms with Gasteiger partial charge in [-0.1, -0.05) is 53.2 Å². The number of halogens is 1. The zero-order valence-corrected chi connectivity index (χ0v) is 17.7. The zero-order chi connectivity index (χ0) is 21.1. The van der Waals surface area contributed by atoms with Crippen LogP contribution in [0.25, 0.3) is 5.65 Å². The van der Waals surface area contributed by atoms with Crippen LogP contribution >= 0.6 is 23.4 Å². The quantitative estimate of drug-likeness (QED) is 0.462. The molecule has 0 saturated heterocycles. The maximum atomic E-state index is 12.7. The van der Waals surface area contributed by atoms with E-state index in [4.69, 9.17) is 11.6 Å². The highest BCUT2D eigenvalue weighted by Gasteiger charge is 2.15. The van der Waals surface area contributed by atoms with E-state index in [2.05, 4.69) is 15.4 Å². The zero-order valence-electron chi connectivity index (χ0n) is 16.1. The summed E-state index contributed by atoms with van der Waals surface area (Å²) in [4.78, 5) is 29.4. The number of aryl methyl sites for hydroxylation is 1. The largest absolute Gasteiger partial charge is 0.350 e. The number of benzene rings is 2. The number of carbonyl (C=O) groups excluding carboxylic acids is 1. The molecule has 0 atom stereocenters. The number of hydrogen-bond donors (Lipinski definition) is 1. The van der Waals surface area contributed by atoms with Crippen LogP contribution in [0.2, 0.25) is 5.02 Å². The second-order valence-electron chi connectivity index (χ2n) is 6.70. The lowest BCUT2D eigenvalue weighted by Gasteiger charge is -2.04. The Labute approximate surface area is 181 Å². The summed E-state index contributed by atoms with van der Waals surface area (Å²) in [6, 6.07) is 15.0. The third-order valence-electron chi connectivity index (χ3n) is 4.39. The molecular formula is C21H18ClN5O2S. The molecule has 152 valence electrons. The Morgan fingerprint density at radius 2 is 1.87 bits per heavy atom. The van der Waals surface area contributed by atoms with Crippen LogP contribution in [-0.4, -0.2) is 25.1 Å². The molecule has 1 amide bonds. The molecule has 2 aromatic heterocycles. The van der Waals surface area contributed by atoms with Crippen molar-refractivity contribution in [2.24, 2.45) is 0 Å². The Hall–Kier alpha value is -3.10. The number of amides is 1. The molecule has 4 rings (SSSR count). The Kier molecular flexibility index (Phi) is 5.87. The summed E-state index contributed by atoms with van der Waals surface area (Å²) in [5.74, 6) is 0.325. The normalized spacial score (nSPS) is 11.0. The van der Waals surface area contributed by atoms with Gasteiger partial charge in [-0.05, 0) is 36.8 Å². The van der Waals surface area contributed by atoms with Gasteiger partial charge in [0, 0.05) is 28.9 Å². The van der Waals surface area contributed by atoms with E-state index in [-0.39, 0.29) is 18.1 Å². The average Bonchev–Trinajstić information content (AvgIpc) is 3.05. The Morgan fingerprint density at radius 1 is 1.13 bits per heavy atom. The van der Waals surface area contributed by atoms with Crippen molar-refractivity contribution in [1.29, 1.82) is 0 Å². The minimum absolute atomic E-state index is 0.185. The summed E-state index contributed by atoms with van der Waals surface area (Å²) in [6.07, 6.45) is 3.10. The molecule has 0 aliphatic rings. The van der Waals surface area contributed by atoms with E-state index in [1.165, 1.54) is 16.2 Å². The molecule has 2 aromatic carbocycles. The Balaban J connectivity index is 1.52. The number of nitrogens with one attached hydrogen (secondary N) is 1. The van der Waals surface area contributed by atoms with Crippen molar-refractivity contribution < 1.29 is 4.79 Å². The molecule has 2 heterocycles. The van der Waals surface area contributed by atoms with Gasteiger partial charge in [-0.15, -0.1) is 5.10 Å². The first-order valence-electron chi connectivity index (χ1n) is 9.17. The molecule has 0 aliphatic heterocycles. The average molecular weight is 440 g/mol. The standard InChI is InChI=1S/C21H18ClN5O2S/c1-14-2-8-17(9-3-14)24-18(28)12-27-21(29)26-11-10-23-20(19(26)25-27)30-13-15-4-6-16(22)7-5-15/h2-11H,12-13H2,1H3,(H,24,28). The number of carbonyl (C=O) groups is 1. The lowest BCUT2D eigenvalue weighted by atomic mass is 10.2. The molecule has 4 aromatic rings. The van der Waals surface area contributed by atoms with Crippen molar-refractivity contribution in [3.05, 3.63) is 87.6 Å². The third-order valence-corrected chi connectivity index (χ3v) is 5.68. The second-order valence-corrected chi connectivity index (χ2v) is 8.10. The molecule has 0 saturated carbocycles. The molecule has 0 spiro atoms. The number of nitrogens with zero attached hydrogens (tertiary/aromatic N) is 4. The molecule has 7 nitrogen and oxygen atoms in total. The van der Waals surface area contributed by atoms with Crippen molar-refractivity contribution >= 4 is 40.6 Å². The summed E-state index contributed by atoms with van der Waals surface area (Å²) in [6.45, 7) is 1.79. The molecule has 0 bridgehead atoms. The van der Waals surface area contributed by atoms with Gasteiger partial charge in [0.15, 0.2) is 5.65 Å². The molecule has 30 heavy (non-hydrogen) atoms. The first-order valence-corrected chi connectivity index (χ1v) is 10.5. The number of aromatic nitrogens is 4. The van der Waals surface area contributed by atoms with Crippen LogP contribution in [-0.2, 0) is 17.1 Å². The van der Waals surface area contributed by atoms with Crippen LogP contribution in [0.15, 0.2) is 70.7 Å². The predicted molar refractivity (Wildman–Crippen MR) is 118 cm³/mol. The van der Waals surface area contributed by atoms with E-state index in [0.29, 0.717) is 27.1 Å². The molecule has 1 N–H and O–H groups in total. The van der Waals surface area contributed by atoms with Crippen LogP contribution in [0.1, 0.15) is 11.1 Å². The van der Waals surface area contributed by atoms with Gasteiger partial charge in [0.2, 0.25) is 5.91 Å². The third kappa shape index (κ3) is 4.55. The number of thioether (sulfide) groups is 1. The Bertz CT molecular complexity index is 1250. The van der Waals surface area contributed by atoms with Gasteiger partial charge in [-0.25, -0.2) is 18.9 Å². The number of anilines is 1. The molecule has 0 radical (unpaired) electrons. The fourth-order valence-electron chi connectivity index (χ4n) is 2.84. The molecule has 0 aliphatic carbocycles. The highest BCUT2D eigenvalue weighted by atomic mass is 35.5. The van der Waals surface area contributed by atoms with Gasteiger partial charge in [-0.2, -0.15) is 0 Å². The van der Waals surface area contributed by atoms with E-state index in [0.717, 1.165) is 15.8 Å². The topological polar surface area (TPSA) is 81.3 Å². The van der Waals surface area contributed by atoms with Gasteiger partial charge in [0.25, 0.3) is 0 Å². The maximum Gasteiger partial charge on any atom is 0.350 e. The lowest BCUT2D eigenvalue weighted by Crippen LogP contribution is -2.28. The van der Waals surface area contributed by atoms with Gasteiger partial charge < -0.3 is 5.32 Å². The van der Waals surface area contributed by atoms with Gasteiger partial charge >= 0.3 is 5.69 Å². The summed E-state index contributed by atoms with van der Waals surface area (Å²) in [7, 11) is 0. The van der Waals surface area contributed by atoms with Gasteiger partial charge in [0.05, 0.1) is 0 Å². The van der Waals surface area contributed by atoms with Gasteiger partial charge in [0.1, 0.15) is 11.6 Å². The predicted octanol–water partition coefficient (Wildman–Crippen LogP) is 3.78. The van der Waals surface area contributed by atoms with Crippen LogP contribution in [0, 0.1) is 6.92 Å². The monoisotopic (exact) mass is 439 g/mol. The molecular weight excluding hydrogens is 422 g/mol.